The summed E-state index contributed by atoms with van der Waals surface area (Å²) in [6.07, 6.45) is 7.87. The lowest BCUT2D eigenvalue weighted by atomic mass is 9.93. The van der Waals surface area contributed by atoms with E-state index in [1.807, 2.05) is 32.3 Å². The summed E-state index contributed by atoms with van der Waals surface area (Å²) in [4.78, 5) is 17.3. The monoisotopic (exact) mass is 490 g/mol. The second kappa shape index (κ2) is 12.1. The number of benzene rings is 2. The number of amides is 1. The van der Waals surface area contributed by atoms with E-state index in [-0.39, 0.29) is 18.3 Å². The van der Waals surface area contributed by atoms with Gasteiger partial charge in [0.1, 0.15) is 12.4 Å². The number of carbonyl (C=O) groups excluding carboxylic acids is 1. The van der Waals surface area contributed by atoms with Gasteiger partial charge in [-0.15, -0.1) is 12.4 Å². The molecule has 2 aromatic carbocycles. The first-order valence-corrected chi connectivity index (χ1v) is 12.4. The Hall–Kier alpha value is -1.75. The van der Waals surface area contributed by atoms with Crippen molar-refractivity contribution in [1.29, 1.82) is 0 Å². The molecule has 0 N–H and O–H groups in total. The van der Waals surface area contributed by atoms with Gasteiger partial charge in [-0.05, 0) is 74.7 Å². The number of hydrogen-bond donors (Lipinski definition) is 0. The second-order valence-electron chi connectivity index (χ2n) is 9.50. The Kier molecular flexibility index (Phi) is 9.48. The van der Waals surface area contributed by atoms with Crippen LogP contribution < -0.4 is 4.74 Å². The van der Waals surface area contributed by atoms with Crippen LogP contribution in [0.1, 0.15) is 44.1 Å². The van der Waals surface area contributed by atoms with Crippen molar-refractivity contribution in [1.82, 2.24) is 9.80 Å². The molecular weight excluding hydrogens is 455 g/mol. The quantitative estimate of drug-likeness (QED) is 0.448. The molecule has 0 spiro atoms. The maximum absolute atomic E-state index is 13.0. The van der Waals surface area contributed by atoms with Crippen molar-refractivity contribution in [2.24, 2.45) is 5.92 Å². The third kappa shape index (κ3) is 6.65. The van der Waals surface area contributed by atoms with Gasteiger partial charge in [0.15, 0.2) is 0 Å². The molecule has 1 atom stereocenters. The highest BCUT2D eigenvalue weighted by Gasteiger charge is 2.36. The molecule has 0 radical (unpaired) electrons. The molecule has 4 rings (SSSR count). The lowest BCUT2D eigenvalue weighted by Crippen LogP contribution is -2.39. The fourth-order valence-electron chi connectivity index (χ4n) is 4.96. The third-order valence-corrected chi connectivity index (χ3v) is 7.23. The smallest absolute Gasteiger partial charge is 0.226 e. The summed E-state index contributed by atoms with van der Waals surface area (Å²) in [6.45, 7) is 2.47. The first kappa shape index (κ1) is 25.9. The largest absolute Gasteiger partial charge is 0.492 e. The molecule has 1 heterocycles. The summed E-state index contributed by atoms with van der Waals surface area (Å²) >= 11 is 6.67. The number of likely N-dealkylation sites (N-methyl/N-ethyl adjacent to an activating group) is 1. The van der Waals surface area contributed by atoms with Crippen LogP contribution in [0.4, 0.5) is 0 Å². The Labute approximate surface area is 209 Å². The van der Waals surface area contributed by atoms with Gasteiger partial charge in [-0.1, -0.05) is 55.1 Å². The average Bonchev–Trinajstić information content (AvgIpc) is 3.16. The Bertz CT molecular complexity index is 911. The van der Waals surface area contributed by atoms with E-state index in [0.717, 1.165) is 53.4 Å². The number of carbonyl (C=O) groups is 1. The molecule has 0 bridgehead atoms. The van der Waals surface area contributed by atoms with Gasteiger partial charge >= 0.3 is 0 Å². The molecule has 180 valence electrons. The van der Waals surface area contributed by atoms with E-state index in [2.05, 4.69) is 34.1 Å². The Morgan fingerprint density at radius 3 is 2.36 bits per heavy atom. The third-order valence-electron chi connectivity index (χ3n) is 6.88. The fourth-order valence-corrected chi connectivity index (χ4v) is 5.21. The van der Waals surface area contributed by atoms with E-state index in [4.69, 9.17) is 16.3 Å². The fraction of sp³-hybridized carbons (Fsp3) is 0.519. The maximum atomic E-state index is 13.0. The molecule has 1 saturated heterocycles. The summed E-state index contributed by atoms with van der Waals surface area (Å²) in [5, 5.41) is 0.748. The van der Waals surface area contributed by atoms with Crippen molar-refractivity contribution in [2.75, 3.05) is 33.8 Å². The Morgan fingerprint density at radius 2 is 1.70 bits per heavy atom. The van der Waals surface area contributed by atoms with E-state index in [9.17, 15) is 4.79 Å². The molecule has 33 heavy (non-hydrogen) atoms. The molecule has 0 aromatic heterocycles. The summed E-state index contributed by atoms with van der Waals surface area (Å²) in [5.74, 6) is 1.28. The predicted octanol–water partition coefficient (Wildman–Crippen LogP) is 6.09. The molecule has 6 heteroatoms. The van der Waals surface area contributed by atoms with Crippen molar-refractivity contribution in [3.8, 4) is 16.9 Å². The van der Waals surface area contributed by atoms with Crippen LogP contribution in [0.3, 0.4) is 0 Å². The summed E-state index contributed by atoms with van der Waals surface area (Å²) < 4.78 is 5.78. The predicted molar refractivity (Wildman–Crippen MR) is 139 cm³/mol. The Morgan fingerprint density at radius 1 is 1.00 bits per heavy atom. The average molecular weight is 492 g/mol. The number of halogens is 2. The first-order chi connectivity index (χ1) is 15.5. The number of hydrogen-bond acceptors (Lipinski definition) is 3. The van der Waals surface area contributed by atoms with E-state index in [1.165, 1.54) is 32.1 Å². The molecule has 1 unspecified atom stereocenters. The Balaban J connectivity index is 0.00000306. The lowest BCUT2D eigenvalue weighted by molar-refractivity contribution is -0.133. The van der Waals surface area contributed by atoms with Crippen molar-refractivity contribution in [3.05, 3.63) is 53.1 Å². The van der Waals surface area contributed by atoms with Crippen LogP contribution in [0.5, 0.6) is 5.75 Å². The van der Waals surface area contributed by atoms with Crippen molar-refractivity contribution < 1.29 is 9.53 Å². The summed E-state index contributed by atoms with van der Waals surface area (Å²) in [7, 11) is 4.07. The number of ether oxygens (including phenoxy) is 1. The zero-order chi connectivity index (χ0) is 22.5. The molecule has 2 aromatic rings. The highest BCUT2D eigenvalue weighted by molar-refractivity contribution is 6.31. The van der Waals surface area contributed by atoms with E-state index in [1.54, 1.807) is 0 Å². The van der Waals surface area contributed by atoms with Crippen LogP contribution in [0.2, 0.25) is 5.02 Å². The number of nitrogens with zero attached hydrogens (tertiary/aromatic N) is 2. The minimum atomic E-state index is 0. The molecule has 1 saturated carbocycles. The van der Waals surface area contributed by atoms with Crippen molar-refractivity contribution >= 4 is 29.9 Å². The molecular formula is C27H36Cl2N2O2. The minimum absolute atomic E-state index is 0. The van der Waals surface area contributed by atoms with E-state index in [0.29, 0.717) is 18.6 Å². The second-order valence-corrected chi connectivity index (χ2v) is 9.90. The van der Waals surface area contributed by atoms with Crippen molar-refractivity contribution in [2.45, 2.75) is 51.0 Å². The number of likely N-dealkylation sites (tertiary alicyclic amines) is 1. The van der Waals surface area contributed by atoms with Gasteiger partial charge in [0.25, 0.3) is 0 Å². The van der Waals surface area contributed by atoms with Gasteiger partial charge in [-0.25, -0.2) is 0 Å². The summed E-state index contributed by atoms with van der Waals surface area (Å²) in [5.41, 5.74) is 3.27. The molecule has 1 aliphatic heterocycles. The van der Waals surface area contributed by atoms with Crippen LogP contribution in [0.15, 0.2) is 42.5 Å². The van der Waals surface area contributed by atoms with Gasteiger partial charge in [-0.2, -0.15) is 0 Å². The van der Waals surface area contributed by atoms with Gasteiger partial charge in [0.2, 0.25) is 5.91 Å². The lowest BCUT2D eigenvalue weighted by Gasteiger charge is -2.31. The molecule has 2 fully saturated rings. The van der Waals surface area contributed by atoms with Gasteiger partial charge in [-0.3, -0.25) is 4.79 Å². The number of rotatable bonds is 8. The first-order valence-electron chi connectivity index (χ1n) is 12.0. The molecule has 1 aliphatic carbocycles. The highest BCUT2D eigenvalue weighted by Crippen LogP contribution is 2.33. The van der Waals surface area contributed by atoms with E-state index < -0.39 is 0 Å². The zero-order valence-corrected chi connectivity index (χ0v) is 21.3. The normalized spacial score (nSPS) is 19.1. The van der Waals surface area contributed by atoms with Gasteiger partial charge < -0.3 is 14.5 Å². The maximum Gasteiger partial charge on any atom is 0.226 e. The van der Waals surface area contributed by atoms with Gasteiger partial charge in [0, 0.05) is 30.1 Å². The zero-order valence-electron chi connectivity index (χ0n) is 19.8. The molecule has 1 amide bonds. The SMILES string of the molecule is CN(C)CCOc1ccc(-c2ccc(CC3CCN(C4CCCCC4)C3=O)c(Cl)c2)cc1.Cl. The van der Waals surface area contributed by atoms with Gasteiger partial charge in [0.05, 0.1) is 0 Å². The minimum Gasteiger partial charge on any atom is -0.492 e. The highest BCUT2D eigenvalue weighted by atomic mass is 35.5. The van der Waals surface area contributed by atoms with E-state index >= 15 is 0 Å². The van der Waals surface area contributed by atoms with Crippen LogP contribution in [0, 0.1) is 5.92 Å². The van der Waals surface area contributed by atoms with Crippen LogP contribution in [-0.2, 0) is 11.2 Å². The topological polar surface area (TPSA) is 32.8 Å². The summed E-state index contributed by atoms with van der Waals surface area (Å²) in [6, 6.07) is 14.8. The van der Waals surface area contributed by atoms with Crippen LogP contribution in [-0.4, -0.2) is 55.5 Å². The molecule has 4 nitrogen and oxygen atoms in total. The van der Waals surface area contributed by atoms with Crippen LogP contribution in [0.25, 0.3) is 11.1 Å². The standard InChI is InChI=1S/C27H35ClN2O2.ClH/c1-29(2)16-17-32-25-12-10-20(11-13-25)21-8-9-22(26(28)19-21)18-23-14-15-30(27(23)31)24-6-4-3-5-7-24;/h8-13,19,23-24H,3-7,14-18H2,1-2H3;1H. The van der Waals surface area contributed by atoms with Crippen LogP contribution >= 0.6 is 24.0 Å². The molecule has 2 aliphatic rings. The van der Waals surface area contributed by atoms with Crippen molar-refractivity contribution in [3.63, 3.8) is 0 Å².